The van der Waals surface area contributed by atoms with Crippen molar-refractivity contribution >= 4 is 0 Å². The summed E-state index contributed by atoms with van der Waals surface area (Å²) in [6.07, 6.45) is 1.23. The molecule has 24 heavy (non-hydrogen) atoms. The molecule has 1 saturated heterocycles. The lowest BCUT2D eigenvalue weighted by Gasteiger charge is -2.40. The molecule has 1 aliphatic heterocycles. The van der Waals surface area contributed by atoms with E-state index in [0.29, 0.717) is 32.8 Å². The standard InChI is InChI=1S/C19H30O5/c1-3-18(10-20,11-21)12-22-13-19(4-2)14-23-17(24-15-19)16-8-6-5-7-9-16/h5-9,17,20-21H,3-4,10-15H2,1-2H3. The molecule has 5 heteroatoms. The molecular weight excluding hydrogens is 308 g/mol. The van der Waals surface area contributed by atoms with Crippen LogP contribution in [0.15, 0.2) is 30.3 Å². The lowest BCUT2D eigenvalue weighted by Crippen LogP contribution is -2.43. The van der Waals surface area contributed by atoms with Crippen LogP contribution in [-0.4, -0.2) is 49.9 Å². The van der Waals surface area contributed by atoms with Gasteiger partial charge in [0.1, 0.15) is 0 Å². The van der Waals surface area contributed by atoms with Gasteiger partial charge in [0.05, 0.1) is 39.6 Å². The average molecular weight is 338 g/mol. The van der Waals surface area contributed by atoms with Crippen LogP contribution in [0.1, 0.15) is 38.5 Å². The maximum atomic E-state index is 9.51. The first-order chi connectivity index (χ1) is 11.6. The van der Waals surface area contributed by atoms with Crippen molar-refractivity contribution in [1.29, 1.82) is 0 Å². The van der Waals surface area contributed by atoms with E-state index in [9.17, 15) is 10.2 Å². The third-order valence-electron chi connectivity index (χ3n) is 5.14. The lowest BCUT2D eigenvalue weighted by molar-refractivity contribution is -0.246. The van der Waals surface area contributed by atoms with Gasteiger partial charge in [0.15, 0.2) is 6.29 Å². The Labute approximate surface area is 144 Å². The number of hydrogen-bond donors (Lipinski definition) is 2. The van der Waals surface area contributed by atoms with Crippen molar-refractivity contribution in [2.45, 2.75) is 33.0 Å². The summed E-state index contributed by atoms with van der Waals surface area (Å²) in [6.45, 7) is 5.85. The quantitative estimate of drug-likeness (QED) is 0.724. The summed E-state index contributed by atoms with van der Waals surface area (Å²) < 4.78 is 17.7. The molecule has 0 atom stereocenters. The second kappa shape index (κ2) is 8.92. The SMILES string of the molecule is CCC(CO)(CO)COCC1(CC)COC(c2ccccc2)OC1. The second-order valence-corrected chi connectivity index (χ2v) is 6.88. The molecule has 1 fully saturated rings. The van der Waals surface area contributed by atoms with Gasteiger partial charge in [-0.3, -0.25) is 0 Å². The maximum Gasteiger partial charge on any atom is 0.183 e. The van der Waals surface area contributed by atoms with Crippen LogP contribution >= 0.6 is 0 Å². The summed E-state index contributed by atoms with van der Waals surface area (Å²) in [5, 5.41) is 19.0. The van der Waals surface area contributed by atoms with Crippen molar-refractivity contribution in [2.24, 2.45) is 10.8 Å². The van der Waals surface area contributed by atoms with E-state index in [-0.39, 0.29) is 24.9 Å². The lowest BCUT2D eigenvalue weighted by atomic mass is 9.86. The second-order valence-electron chi connectivity index (χ2n) is 6.88. The van der Waals surface area contributed by atoms with Crippen molar-refractivity contribution in [3.8, 4) is 0 Å². The summed E-state index contributed by atoms with van der Waals surface area (Å²) in [7, 11) is 0. The first-order valence-corrected chi connectivity index (χ1v) is 8.70. The minimum absolute atomic E-state index is 0.0811. The zero-order chi connectivity index (χ0) is 17.5. The van der Waals surface area contributed by atoms with Crippen molar-refractivity contribution < 1.29 is 24.4 Å². The van der Waals surface area contributed by atoms with Crippen LogP contribution in [0.4, 0.5) is 0 Å². The molecule has 1 aliphatic rings. The third kappa shape index (κ3) is 4.55. The average Bonchev–Trinajstić information content (AvgIpc) is 2.67. The van der Waals surface area contributed by atoms with Crippen LogP contribution < -0.4 is 0 Å². The Kier molecular flexibility index (Phi) is 7.19. The molecular formula is C19H30O5. The number of ether oxygens (including phenoxy) is 3. The van der Waals surface area contributed by atoms with E-state index < -0.39 is 5.41 Å². The number of hydrogen-bond acceptors (Lipinski definition) is 5. The van der Waals surface area contributed by atoms with Crippen molar-refractivity contribution in [3.63, 3.8) is 0 Å². The highest BCUT2D eigenvalue weighted by Crippen LogP contribution is 2.35. The summed E-state index contributed by atoms with van der Waals surface area (Å²) in [5.74, 6) is 0. The third-order valence-corrected chi connectivity index (χ3v) is 5.14. The monoisotopic (exact) mass is 338 g/mol. The van der Waals surface area contributed by atoms with Crippen molar-refractivity contribution in [3.05, 3.63) is 35.9 Å². The first-order valence-electron chi connectivity index (χ1n) is 8.70. The van der Waals surface area contributed by atoms with Crippen molar-refractivity contribution in [2.75, 3.05) is 39.6 Å². The van der Waals surface area contributed by atoms with Crippen LogP contribution in [0, 0.1) is 10.8 Å². The number of aliphatic hydroxyl groups excluding tert-OH is 2. The smallest absolute Gasteiger partial charge is 0.183 e. The van der Waals surface area contributed by atoms with Crippen LogP contribution in [-0.2, 0) is 14.2 Å². The molecule has 136 valence electrons. The van der Waals surface area contributed by atoms with Gasteiger partial charge in [0.2, 0.25) is 0 Å². The Morgan fingerprint density at radius 2 is 1.75 bits per heavy atom. The molecule has 0 unspecified atom stereocenters. The van der Waals surface area contributed by atoms with E-state index in [1.165, 1.54) is 0 Å². The van der Waals surface area contributed by atoms with Gasteiger partial charge in [-0.15, -0.1) is 0 Å². The Morgan fingerprint density at radius 1 is 1.12 bits per heavy atom. The van der Waals surface area contributed by atoms with E-state index in [1.807, 2.05) is 37.3 Å². The first kappa shape index (κ1) is 19.3. The van der Waals surface area contributed by atoms with E-state index >= 15 is 0 Å². The van der Waals surface area contributed by atoms with E-state index in [4.69, 9.17) is 14.2 Å². The Balaban J connectivity index is 1.87. The molecule has 0 bridgehead atoms. The molecule has 5 nitrogen and oxygen atoms in total. The van der Waals surface area contributed by atoms with E-state index in [2.05, 4.69) is 6.92 Å². The molecule has 1 aromatic carbocycles. The minimum Gasteiger partial charge on any atom is -0.396 e. The van der Waals surface area contributed by atoms with E-state index in [1.54, 1.807) is 0 Å². The topological polar surface area (TPSA) is 68.2 Å². The summed E-state index contributed by atoms with van der Waals surface area (Å²) in [4.78, 5) is 0. The van der Waals surface area contributed by atoms with Gasteiger partial charge in [-0.25, -0.2) is 0 Å². The fraction of sp³-hybridized carbons (Fsp3) is 0.684. The number of rotatable bonds is 9. The summed E-state index contributed by atoms with van der Waals surface area (Å²) >= 11 is 0. The predicted molar refractivity (Wildman–Crippen MR) is 91.5 cm³/mol. The fourth-order valence-electron chi connectivity index (χ4n) is 2.74. The molecule has 0 aliphatic carbocycles. The molecule has 1 heterocycles. The summed E-state index contributed by atoms with van der Waals surface area (Å²) in [6, 6.07) is 9.91. The van der Waals surface area contributed by atoms with E-state index in [0.717, 1.165) is 12.0 Å². The summed E-state index contributed by atoms with van der Waals surface area (Å²) in [5.41, 5.74) is 0.266. The fourth-order valence-corrected chi connectivity index (χ4v) is 2.74. The van der Waals surface area contributed by atoms with Crippen LogP contribution in [0.3, 0.4) is 0 Å². The highest BCUT2D eigenvalue weighted by Gasteiger charge is 2.37. The zero-order valence-corrected chi connectivity index (χ0v) is 14.7. The zero-order valence-electron chi connectivity index (χ0n) is 14.7. The molecule has 0 saturated carbocycles. The highest BCUT2D eigenvalue weighted by molar-refractivity contribution is 5.16. The molecule has 0 amide bonds. The molecule has 0 aromatic heterocycles. The number of benzene rings is 1. The maximum absolute atomic E-state index is 9.51. The van der Waals surface area contributed by atoms with Crippen LogP contribution in [0.5, 0.6) is 0 Å². The van der Waals surface area contributed by atoms with Gasteiger partial charge >= 0.3 is 0 Å². The van der Waals surface area contributed by atoms with Crippen LogP contribution in [0.2, 0.25) is 0 Å². The van der Waals surface area contributed by atoms with Crippen molar-refractivity contribution in [1.82, 2.24) is 0 Å². The normalized spacial score (nSPS) is 24.9. The van der Waals surface area contributed by atoms with Crippen LogP contribution in [0.25, 0.3) is 0 Å². The molecule has 2 rings (SSSR count). The molecule has 1 aromatic rings. The molecule has 0 spiro atoms. The number of aliphatic hydroxyl groups is 2. The Morgan fingerprint density at radius 3 is 2.25 bits per heavy atom. The van der Waals surface area contributed by atoms with Gasteiger partial charge in [-0.2, -0.15) is 0 Å². The Bertz CT molecular complexity index is 456. The Hall–Kier alpha value is -0.980. The predicted octanol–water partition coefficient (Wildman–Crippen LogP) is 2.53. The van der Waals surface area contributed by atoms with Gasteiger partial charge in [0.25, 0.3) is 0 Å². The minimum atomic E-state index is -0.572. The van der Waals surface area contributed by atoms with Gasteiger partial charge in [0, 0.05) is 16.4 Å². The van der Waals surface area contributed by atoms with Gasteiger partial charge in [-0.1, -0.05) is 44.2 Å². The largest absolute Gasteiger partial charge is 0.396 e. The molecule has 0 radical (unpaired) electrons. The van der Waals surface area contributed by atoms with Gasteiger partial charge < -0.3 is 24.4 Å². The molecule has 2 N–H and O–H groups in total. The van der Waals surface area contributed by atoms with Gasteiger partial charge in [-0.05, 0) is 12.8 Å². The highest BCUT2D eigenvalue weighted by atomic mass is 16.7.